The molecule has 2 fully saturated rings. The number of hydrogen-bond acceptors (Lipinski definition) is 3. The first-order valence-corrected chi connectivity index (χ1v) is 8.70. The van der Waals surface area contributed by atoms with E-state index in [1.54, 1.807) is 0 Å². The molecule has 0 saturated heterocycles. The first kappa shape index (κ1) is 20.1. The SMILES string of the molecule is CCOC1CC(N)(C(=O)NCC2(c3ccc(F)cc3)CC2)C1(C)C.Cl. The van der Waals surface area contributed by atoms with Gasteiger partial charge in [-0.3, -0.25) is 4.79 Å². The van der Waals surface area contributed by atoms with Crippen LogP contribution in [0.15, 0.2) is 24.3 Å². The summed E-state index contributed by atoms with van der Waals surface area (Å²) in [5.74, 6) is -0.352. The molecule has 1 aromatic rings. The minimum Gasteiger partial charge on any atom is -0.378 e. The Kier molecular flexibility index (Phi) is 5.53. The standard InChI is InChI=1S/C19H27FN2O2.ClH/c1-4-24-15-11-19(21,17(15,2)3)16(23)22-12-18(9-10-18)13-5-7-14(20)8-6-13;/h5-8,15H,4,9-12,21H2,1-3H3,(H,22,23);1H. The molecule has 0 aromatic heterocycles. The topological polar surface area (TPSA) is 64.3 Å². The highest BCUT2D eigenvalue weighted by Gasteiger charge is 2.63. The number of hydrogen-bond donors (Lipinski definition) is 2. The van der Waals surface area contributed by atoms with Gasteiger partial charge >= 0.3 is 0 Å². The molecule has 4 nitrogen and oxygen atoms in total. The smallest absolute Gasteiger partial charge is 0.240 e. The summed E-state index contributed by atoms with van der Waals surface area (Å²) < 4.78 is 18.8. The summed E-state index contributed by atoms with van der Waals surface area (Å²) in [6.45, 7) is 7.10. The quantitative estimate of drug-likeness (QED) is 0.809. The largest absolute Gasteiger partial charge is 0.378 e. The molecule has 0 spiro atoms. The second-order valence-electron chi connectivity index (χ2n) is 7.81. The third-order valence-corrected chi connectivity index (χ3v) is 6.13. The van der Waals surface area contributed by atoms with Crippen LogP contribution in [0.4, 0.5) is 4.39 Å². The van der Waals surface area contributed by atoms with Crippen molar-refractivity contribution >= 4 is 18.3 Å². The van der Waals surface area contributed by atoms with E-state index in [1.165, 1.54) is 12.1 Å². The third-order valence-electron chi connectivity index (χ3n) is 6.13. The van der Waals surface area contributed by atoms with E-state index in [0.29, 0.717) is 19.6 Å². The average molecular weight is 371 g/mol. The van der Waals surface area contributed by atoms with Crippen LogP contribution in [0.2, 0.25) is 0 Å². The summed E-state index contributed by atoms with van der Waals surface area (Å²) in [4.78, 5) is 12.7. The maximum atomic E-state index is 13.1. The highest BCUT2D eigenvalue weighted by molar-refractivity contribution is 5.89. The summed E-state index contributed by atoms with van der Waals surface area (Å²) >= 11 is 0. The molecular weight excluding hydrogens is 343 g/mol. The molecule has 1 amide bonds. The van der Waals surface area contributed by atoms with Gasteiger partial charge in [0.2, 0.25) is 5.91 Å². The number of nitrogens with two attached hydrogens (primary N) is 1. The zero-order valence-corrected chi connectivity index (χ0v) is 15.9. The summed E-state index contributed by atoms with van der Waals surface area (Å²) in [5.41, 5.74) is 6.14. The van der Waals surface area contributed by atoms with Crippen LogP contribution in [-0.4, -0.2) is 30.7 Å². The van der Waals surface area contributed by atoms with E-state index in [2.05, 4.69) is 5.32 Å². The minimum atomic E-state index is -0.897. The highest BCUT2D eigenvalue weighted by Crippen LogP contribution is 2.51. The van der Waals surface area contributed by atoms with E-state index in [1.807, 2.05) is 32.9 Å². The average Bonchev–Trinajstić information content (AvgIpc) is 3.34. The van der Waals surface area contributed by atoms with Crippen LogP contribution in [0.3, 0.4) is 0 Å². The van der Waals surface area contributed by atoms with Crippen molar-refractivity contribution in [2.24, 2.45) is 11.1 Å². The van der Waals surface area contributed by atoms with E-state index >= 15 is 0 Å². The summed E-state index contributed by atoms with van der Waals surface area (Å²) in [6, 6.07) is 6.57. The molecule has 2 saturated carbocycles. The van der Waals surface area contributed by atoms with Gasteiger partial charge in [0.05, 0.1) is 6.10 Å². The van der Waals surface area contributed by atoms with Gasteiger partial charge in [0, 0.05) is 30.4 Å². The van der Waals surface area contributed by atoms with Crippen LogP contribution < -0.4 is 11.1 Å². The highest BCUT2D eigenvalue weighted by atomic mass is 35.5. The number of nitrogens with one attached hydrogen (secondary N) is 1. The second-order valence-corrected chi connectivity index (χ2v) is 7.81. The van der Waals surface area contributed by atoms with Crippen molar-refractivity contribution in [3.05, 3.63) is 35.6 Å². The first-order valence-electron chi connectivity index (χ1n) is 8.70. The number of halogens is 2. The number of rotatable bonds is 6. The fraction of sp³-hybridized carbons (Fsp3) is 0.632. The number of carbonyl (C=O) groups is 1. The van der Waals surface area contributed by atoms with Gasteiger partial charge in [0.1, 0.15) is 11.4 Å². The Morgan fingerprint density at radius 1 is 1.32 bits per heavy atom. The lowest BCUT2D eigenvalue weighted by atomic mass is 9.54. The third kappa shape index (κ3) is 3.29. The molecule has 1 aromatic carbocycles. The summed E-state index contributed by atoms with van der Waals surface area (Å²) in [7, 11) is 0. The van der Waals surface area contributed by atoms with Crippen molar-refractivity contribution in [1.82, 2.24) is 5.32 Å². The number of benzene rings is 1. The molecule has 0 aliphatic heterocycles. The number of amides is 1. The fourth-order valence-electron chi connectivity index (χ4n) is 3.75. The Hall–Kier alpha value is -1.17. The van der Waals surface area contributed by atoms with Crippen molar-refractivity contribution in [1.29, 1.82) is 0 Å². The van der Waals surface area contributed by atoms with Gasteiger partial charge in [-0.2, -0.15) is 0 Å². The zero-order valence-electron chi connectivity index (χ0n) is 15.1. The lowest BCUT2D eigenvalue weighted by Crippen LogP contribution is -2.76. The van der Waals surface area contributed by atoms with Crippen molar-refractivity contribution in [3.8, 4) is 0 Å². The molecule has 2 aliphatic carbocycles. The Morgan fingerprint density at radius 3 is 2.40 bits per heavy atom. The van der Waals surface area contributed by atoms with Gasteiger partial charge in [0.15, 0.2) is 0 Å². The molecule has 25 heavy (non-hydrogen) atoms. The van der Waals surface area contributed by atoms with Crippen LogP contribution in [-0.2, 0) is 14.9 Å². The van der Waals surface area contributed by atoms with Gasteiger partial charge in [-0.15, -0.1) is 12.4 Å². The molecule has 2 atom stereocenters. The molecular formula is C19H28ClFN2O2. The zero-order chi connectivity index (χ0) is 17.6. The van der Waals surface area contributed by atoms with Crippen molar-refractivity contribution in [3.63, 3.8) is 0 Å². The van der Waals surface area contributed by atoms with Crippen molar-refractivity contribution in [2.75, 3.05) is 13.2 Å². The Bertz CT molecular complexity index is 631. The van der Waals surface area contributed by atoms with Gasteiger partial charge < -0.3 is 15.8 Å². The van der Waals surface area contributed by atoms with E-state index in [9.17, 15) is 9.18 Å². The van der Waals surface area contributed by atoms with E-state index in [4.69, 9.17) is 10.5 Å². The normalized spacial score (nSPS) is 28.4. The fourth-order valence-corrected chi connectivity index (χ4v) is 3.75. The Balaban J connectivity index is 0.00000225. The summed E-state index contributed by atoms with van der Waals surface area (Å²) in [5, 5.41) is 3.05. The molecule has 0 bridgehead atoms. The molecule has 6 heteroatoms. The molecule has 0 radical (unpaired) electrons. The number of carbonyl (C=O) groups excluding carboxylic acids is 1. The van der Waals surface area contributed by atoms with Crippen LogP contribution in [0.1, 0.15) is 45.6 Å². The molecule has 3 rings (SSSR count). The van der Waals surface area contributed by atoms with Crippen LogP contribution in [0.25, 0.3) is 0 Å². The van der Waals surface area contributed by atoms with Crippen LogP contribution >= 0.6 is 12.4 Å². The van der Waals surface area contributed by atoms with Gasteiger partial charge in [0.25, 0.3) is 0 Å². The monoisotopic (exact) mass is 370 g/mol. The van der Waals surface area contributed by atoms with Crippen molar-refractivity contribution < 1.29 is 13.9 Å². The van der Waals surface area contributed by atoms with Gasteiger partial charge in [-0.25, -0.2) is 4.39 Å². The molecule has 0 heterocycles. The lowest BCUT2D eigenvalue weighted by Gasteiger charge is -2.57. The first-order chi connectivity index (χ1) is 11.2. The number of ether oxygens (including phenoxy) is 1. The predicted octanol–water partition coefficient (Wildman–Crippen LogP) is 2.93. The summed E-state index contributed by atoms with van der Waals surface area (Å²) in [6.07, 6.45) is 2.57. The molecule has 140 valence electrons. The van der Waals surface area contributed by atoms with Crippen LogP contribution in [0.5, 0.6) is 0 Å². The molecule has 2 aliphatic rings. The predicted molar refractivity (Wildman–Crippen MR) is 98.3 cm³/mol. The van der Waals surface area contributed by atoms with E-state index < -0.39 is 5.54 Å². The van der Waals surface area contributed by atoms with E-state index in [-0.39, 0.29) is 41.1 Å². The maximum Gasteiger partial charge on any atom is 0.240 e. The Labute approximate surface area is 155 Å². The van der Waals surface area contributed by atoms with Crippen molar-refractivity contribution in [2.45, 2.75) is 57.1 Å². The van der Waals surface area contributed by atoms with Gasteiger partial charge in [-0.1, -0.05) is 26.0 Å². The lowest BCUT2D eigenvalue weighted by molar-refractivity contribution is -0.170. The maximum absolute atomic E-state index is 13.1. The minimum absolute atomic E-state index is 0. The molecule has 3 N–H and O–H groups in total. The van der Waals surface area contributed by atoms with E-state index in [0.717, 1.165) is 18.4 Å². The van der Waals surface area contributed by atoms with Gasteiger partial charge in [-0.05, 0) is 37.5 Å². The Morgan fingerprint density at radius 2 is 1.92 bits per heavy atom. The second kappa shape index (κ2) is 6.86. The molecule has 2 unspecified atom stereocenters. The van der Waals surface area contributed by atoms with Crippen LogP contribution in [0, 0.1) is 11.2 Å².